The Hall–Kier alpha value is -1.20. The van der Waals surface area contributed by atoms with E-state index in [1.54, 1.807) is 6.07 Å². The first-order valence-corrected chi connectivity index (χ1v) is 6.02. The maximum Gasteiger partial charge on any atom is 0.0992 e. The van der Waals surface area contributed by atoms with Crippen LogP contribution in [0.5, 0.6) is 0 Å². The zero-order chi connectivity index (χ0) is 11.5. The van der Waals surface area contributed by atoms with E-state index < -0.39 is 0 Å². The summed E-state index contributed by atoms with van der Waals surface area (Å²) in [6, 6.07) is 8.21. The highest BCUT2D eigenvalue weighted by molar-refractivity contribution is 6.33. The zero-order valence-electron chi connectivity index (χ0n) is 9.41. The van der Waals surface area contributed by atoms with Crippen LogP contribution in [0.15, 0.2) is 18.2 Å². The van der Waals surface area contributed by atoms with E-state index in [-0.39, 0.29) is 0 Å². The summed E-state index contributed by atoms with van der Waals surface area (Å²) in [4.78, 5) is 2.25. The summed E-state index contributed by atoms with van der Waals surface area (Å²) in [5.74, 6) is 0. The Morgan fingerprint density at radius 1 is 1.38 bits per heavy atom. The van der Waals surface area contributed by atoms with Gasteiger partial charge in [0, 0.05) is 13.1 Å². The summed E-state index contributed by atoms with van der Waals surface area (Å²) in [6.45, 7) is 0. The number of nitriles is 1. The molecular weight excluding hydrogens is 220 g/mol. The quantitative estimate of drug-likeness (QED) is 0.782. The lowest BCUT2D eigenvalue weighted by molar-refractivity contribution is 0.653. The maximum atomic E-state index is 8.78. The Kier molecular flexibility index (Phi) is 3.36. The van der Waals surface area contributed by atoms with Gasteiger partial charge in [-0.25, -0.2) is 0 Å². The number of halogens is 1. The molecule has 0 radical (unpaired) electrons. The third kappa shape index (κ3) is 2.15. The van der Waals surface area contributed by atoms with Crippen molar-refractivity contribution in [1.29, 1.82) is 5.26 Å². The van der Waals surface area contributed by atoms with Crippen LogP contribution in [0.2, 0.25) is 5.02 Å². The Bertz CT molecular complexity index is 416. The lowest BCUT2D eigenvalue weighted by Gasteiger charge is -2.27. The van der Waals surface area contributed by atoms with Gasteiger partial charge < -0.3 is 4.90 Å². The molecule has 0 saturated heterocycles. The molecule has 0 spiro atoms. The molecular formula is C13H15ClN2. The second-order valence-corrected chi connectivity index (χ2v) is 4.73. The van der Waals surface area contributed by atoms with Crippen molar-refractivity contribution >= 4 is 17.3 Å². The predicted octanol–water partition coefficient (Wildman–Crippen LogP) is 3.59. The summed E-state index contributed by atoms with van der Waals surface area (Å²) in [5.41, 5.74) is 1.65. The molecule has 3 heteroatoms. The van der Waals surface area contributed by atoms with Crippen molar-refractivity contribution in [2.45, 2.75) is 31.7 Å². The predicted molar refractivity (Wildman–Crippen MR) is 66.8 cm³/mol. The molecule has 0 amide bonds. The Balaban J connectivity index is 2.23. The van der Waals surface area contributed by atoms with Gasteiger partial charge in [-0.2, -0.15) is 5.26 Å². The molecule has 0 atom stereocenters. The Morgan fingerprint density at radius 3 is 2.62 bits per heavy atom. The maximum absolute atomic E-state index is 8.78. The standard InChI is InChI=1S/C13H15ClN2/c1-16(11-4-2-3-5-11)13-7-6-10(9-15)8-12(13)14/h6-8,11H,2-5H2,1H3. The van der Waals surface area contributed by atoms with Crippen molar-refractivity contribution in [3.05, 3.63) is 28.8 Å². The molecule has 1 saturated carbocycles. The van der Waals surface area contributed by atoms with E-state index in [0.29, 0.717) is 16.6 Å². The van der Waals surface area contributed by atoms with Crippen LogP contribution < -0.4 is 4.90 Å². The van der Waals surface area contributed by atoms with Gasteiger partial charge in [0.05, 0.1) is 22.3 Å². The number of hydrogen-bond donors (Lipinski definition) is 0. The van der Waals surface area contributed by atoms with E-state index in [4.69, 9.17) is 16.9 Å². The van der Waals surface area contributed by atoms with Crippen LogP contribution in [0.1, 0.15) is 31.2 Å². The van der Waals surface area contributed by atoms with Gasteiger partial charge in [0.15, 0.2) is 0 Å². The molecule has 1 aromatic rings. The number of anilines is 1. The van der Waals surface area contributed by atoms with Gasteiger partial charge in [0.1, 0.15) is 0 Å². The highest BCUT2D eigenvalue weighted by Crippen LogP contribution is 2.32. The molecule has 1 aliphatic carbocycles. The number of benzene rings is 1. The molecule has 2 rings (SSSR count). The second kappa shape index (κ2) is 4.76. The van der Waals surface area contributed by atoms with Gasteiger partial charge in [-0.15, -0.1) is 0 Å². The second-order valence-electron chi connectivity index (χ2n) is 4.33. The van der Waals surface area contributed by atoms with Crippen LogP contribution in [0.25, 0.3) is 0 Å². The Labute approximate surface area is 101 Å². The highest BCUT2D eigenvalue weighted by Gasteiger charge is 2.21. The summed E-state index contributed by atoms with van der Waals surface area (Å²) in [6.07, 6.45) is 5.10. The molecule has 0 unspecified atom stereocenters. The fourth-order valence-corrected chi connectivity index (χ4v) is 2.66. The van der Waals surface area contributed by atoms with Gasteiger partial charge >= 0.3 is 0 Å². The van der Waals surface area contributed by atoms with Gasteiger partial charge in [-0.05, 0) is 31.0 Å². The molecule has 16 heavy (non-hydrogen) atoms. The molecule has 0 N–H and O–H groups in total. The molecule has 0 heterocycles. The normalized spacial score (nSPS) is 16.1. The molecule has 0 aromatic heterocycles. The van der Waals surface area contributed by atoms with Crippen LogP contribution in [0.3, 0.4) is 0 Å². The molecule has 0 aliphatic heterocycles. The fraction of sp³-hybridized carbons (Fsp3) is 0.462. The fourth-order valence-electron chi connectivity index (χ4n) is 2.35. The van der Waals surface area contributed by atoms with Crippen molar-refractivity contribution in [1.82, 2.24) is 0 Å². The van der Waals surface area contributed by atoms with Crippen LogP contribution in [-0.4, -0.2) is 13.1 Å². The lowest BCUT2D eigenvalue weighted by Crippen LogP contribution is -2.28. The molecule has 0 bridgehead atoms. The molecule has 84 valence electrons. The van der Waals surface area contributed by atoms with Gasteiger partial charge in [-0.1, -0.05) is 24.4 Å². The minimum Gasteiger partial charge on any atom is -0.370 e. The minimum atomic E-state index is 0.602. The van der Waals surface area contributed by atoms with E-state index >= 15 is 0 Å². The summed E-state index contributed by atoms with van der Waals surface area (Å²) in [5, 5.41) is 9.46. The Morgan fingerprint density at radius 2 is 2.06 bits per heavy atom. The van der Waals surface area contributed by atoms with Gasteiger partial charge in [0.2, 0.25) is 0 Å². The third-order valence-electron chi connectivity index (χ3n) is 3.33. The lowest BCUT2D eigenvalue weighted by atomic mass is 10.1. The first kappa shape index (κ1) is 11.3. The van der Waals surface area contributed by atoms with Crippen molar-refractivity contribution in [2.24, 2.45) is 0 Å². The van der Waals surface area contributed by atoms with Crippen LogP contribution in [0.4, 0.5) is 5.69 Å². The van der Waals surface area contributed by atoms with E-state index in [9.17, 15) is 0 Å². The van der Waals surface area contributed by atoms with E-state index in [0.717, 1.165) is 5.69 Å². The van der Waals surface area contributed by atoms with Crippen molar-refractivity contribution < 1.29 is 0 Å². The van der Waals surface area contributed by atoms with Crippen LogP contribution >= 0.6 is 11.6 Å². The average Bonchev–Trinajstić information content (AvgIpc) is 2.81. The number of rotatable bonds is 2. The monoisotopic (exact) mass is 234 g/mol. The van der Waals surface area contributed by atoms with Crippen molar-refractivity contribution in [3.63, 3.8) is 0 Å². The smallest absolute Gasteiger partial charge is 0.0992 e. The first-order chi connectivity index (χ1) is 7.72. The molecule has 1 aliphatic rings. The molecule has 1 fully saturated rings. The molecule has 1 aromatic carbocycles. The zero-order valence-corrected chi connectivity index (χ0v) is 10.2. The van der Waals surface area contributed by atoms with Crippen molar-refractivity contribution in [2.75, 3.05) is 11.9 Å². The average molecular weight is 235 g/mol. The number of hydrogen-bond acceptors (Lipinski definition) is 2. The largest absolute Gasteiger partial charge is 0.370 e. The van der Waals surface area contributed by atoms with Crippen molar-refractivity contribution in [3.8, 4) is 6.07 Å². The van der Waals surface area contributed by atoms with Gasteiger partial charge in [0.25, 0.3) is 0 Å². The SMILES string of the molecule is CN(c1ccc(C#N)cc1Cl)C1CCCC1. The minimum absolute atomic E-state index is 0.602. The van der Waals surface area contributed by atoms with Crippen LogP contribution in [0, 0.1) is 11.3 Å². The molecule has 2 nitrogen and oxygen atoms in total. The van der Waals surface area contributed by atoms with Crippen LogP contribution in [-0.2, 0) is 0 Å². The first-order valence-electron chi connectivity index (χ1n) is 5.65. The topological polar surface area (TPSA) is 27.0 Å². The van der Waals surface area contributed by atoms with E-state index in [1.807, 2.05) is 12.1 Å². The summed E-state index contributed by atoms with van der Waals surface area (Å²) < 4.78 is 0. The highest BCUT2D eigenvalue weighted by atomic mass is 35.5. The van der Waals surface area contributed by atoms with E-state index in [1.165, 1.54) is 25.7 Å². The number of nitrogens with zero attached hydrogens (tertiary/aromatic N) is 2. The van der Waals surface area contributed by atoms with E-state index in [2.05, 4.69) is 18.0 Å². The summed E-state index contributed by atoms with van der Waals surface area (Å²) >= 11 is 6.19. The summed E-state index contributed by atoms with van der Waals surface area (Å²) in [7, 11) is 2.09. The van der Waals surface area contributed by atoms with Gasteiger partial charge in [-0.3, -0.25) is 0 Å². The third-order valence-corrected chi connectivity index (χ3v) is 3.63.